The van der Waals surface area contributed by atoms with Gasteiger partial charge in [0.15, 0.2) is 0 Å². The Morgan fingerprint density at radius 3 is 2.10 bits per heavy atom. The number of aliphatic carboxylic acids is 1. The molecule has 166 valence electrons. The molecule has 0 aliphatic carbocycles. The van der Waals surface area contributed by atoms with Crippen LogP contribution in [0.15, 0.2) is 24.3 Å². The molecule has 0 radical (unpaired) electrons. The van der Waals surface area contributed by atoms with Crippen molar-refractivity contribution in [2.75, 3.05) is 13.2 Å². The highest BCUT2D eigenvalue weighted by Crippen LogP contribution is 2.24. The molecule has 0 aromatic heterocycles. The van der Waals surface area contributed by atoms with Crippen LogP contribution in [0.25, 0.3) is 0 Å². The van der Waals surface area contributed by atoms with Crippen LogP contribution in [0.2, 0.25) is 0 Å². The van der Waals surface area contributed by atoms with E-state index in [0.717, 1.165) is 18.9 Å². The number of carbonyl (C=O) groups is 3. The molecule has 0 aromatic carbocycles. The Morgan fingerprint density at radius 2 is 1.59 bits per heavy atom. The topological polar surface area (TPSA) is 89.9 Å². The lowest BCUT2D eigenvalue weighted by Gasteiger charge is -2.19. The standard InChI is InChI=1S/C23H38O6/c1-7-21(24)28-10-8-9-11-29-22(25)15-20(23(26)27)19(6)14-18(5)13-17(4)12-16(2)3/h7,14,16-18,20H,1,8-13,15H2,2-6H3,(H,26,27). The van der Waals surface area contributed by atoms with Gasteiger partial charge in [0, 0.05) is 6.08 Å². The summed E-state index contributed by atoms with van der Waals surface area (Å²) in [6, 6.07) is 0. The fourth-order valence-corrected chi connectivity index (χ4v) is 3.46. The first-order valence-electron chi connectivity index (χ1n) is 10.4. The zero-order chi connectivity index (χ0) is 22.4. The summed E-state index contributed by atoms with van der Waals surface area (Å²) in [4.78, 5) is 34.5. The summed E-state index contributed by atoms with van der Waals surface area (Å²) in [7, 11) is 0. The summed E-state index contributed by atoms with van der Waals surface area (Å²) in [6.45, 7) is 14.2. The van der Waals surface area contributed by atoms with E-state index in [0.29, 0.717) is 30.3 Å². The molecule has 6 nitrogen and oxygen atoms in total. The predicted molar refractivity (Wildman–Crippen MR) is 113 cm³/mol. The van der Waals surface area contributed by atoms with Crippen molar-refractivity contribution in [1.82, 2.24) is 0 Å². The second kappa shape index (κ2) is 14.8. The van der Waals surface area contributed by atoms with E-state index >= 15 is 0 Å². The lowest BCUT2D eigenvalue weighted by molar-refractivity contribution is -0.150. The fourth-order valence-electron chi connectivity index (χ4n) is 3.46. The van der Waals surface area contributed by atoms with E-state index in [1.807, 2.05) is 6.08 Å². The smallest absolute Gasteiger partial charge is 0.330 e. The Bertz CT molecular complexity index is 564. The highest BCUT2D eigenvalue weighted by molar-refractivity contribution is 5.81. The van der Waals surface area contributed by atoms with E-state index in [4.69, 9.17) is 9.47 Å². The zero-order valence-electron chi connectivity index (χ0n) is 18.6. The molecule has 0 saturated heterocycles. The van der Waals surface area contributed by atoms with E-state index in [1.165, 1.54) is 0 Å². The van der Waals surface area contributed by atoms with Gasteiger partial charge in [-0.2, -0.15) is 0 Å². The van der Waals surface area contributed by atoms with Gasteiger partial charge >= 0.3 is 17.9 Å². The summed E-state index contributed by atoms with van der Waals surface area (Å²) < 4.78 is 9.96. The maximum Gasteiger partial charge on any atom is 0.330 e. The quantitative estimate of drug-likeness (QED) is 0.181. The van der Waals surface area contributed by atoms with Crippen molar-refractivity contribution in [3.63, 3.8) is 0 Å². The summed E-state index contributed by atoms with van der Waals surface area (Å²) in [5.74, 6) is -1.46. The molecule has 6 heteroatoms. The molecule has 3 unspecified atom stereocenters. The van der Waals surface area contributed by atoms with E-state index in [-0.39, 0.29) is 25.6 Å². The van der Waals surface area contributed by atoms with Crippen molar-refractivity contribution in [2.24, 2.45) is 23.7 Å². The van der Waals surface area contributed by atoms with Gasteiger partial charge in [0.2, 0.25) is 0 Å². The molecule has 0 aromatic rings. The van der Waals surface area contributed by atoms with Gasteiger partial charge in [0.1, 0.15) is 0 Å². The lowest BCUT2D eigenvalue weighted by Crippen LogP contribution is -2.21. The molecular weight excluding hydrogens is 372 g/mol. The second-order valence-electron chi connectivity index (χ2n) is 8.25. The number of hydrogen-bond donors (Lipinski definition) is 1. The Balaban J connectivity index is 4.46. The number of rotatable bonds is 15. The summed E-state index contributed by atoms with van der Waals surface area (Å²) in [6.07, 6.45) is 6.09. The number of allylic oxidation sites excluding steroid dienone is 1. The molecule has 0 rings (SSSR count). The van der Waals surface area contributed by atoms with Gasteiger partial charge in [-0.3, -0.25) is 9.59 Å². The third-order valence-electron chi connectivity index (χ3n) is 4.63. The Hall–Kier alpha value is -2.11. The molecular formula is C23H38O6. The predicted octanol–water partition coefficient (Wildman–Crippen LogP) is 4.78. The SMILES string of the molecule is C=CC(=O)OCCCCOC(=O)CC(C(=O)O)C(C)=CC(C)CC(C)CC(C)C. The first-order chi connectivity index (χ1) is 13.6. The maximum absolute atomic E-state index is 12.0. The van der Waals surface area contributed by atoms with E-state index < -0.39 is 23.8 Å². The summed E-state index contributed by atoms with van der Waals surface area (Å²) in [5, 5.41) is 9.52. The lowest BCUT2D eigenvalue weighted by atomic mass is 9.87. The van der Waals surface area contributed by atoms with Crippen LogP contribution in [0.1, 0.15) is 66.7 Å². The average Bonchev–Trinajstić information content (AvgIpc) is 2.60. The first-order valence-corrected chi connectivity index (χ1v) is 10.4. The van der Waals surface area contributed by atoms with Crippen LogP contribution in [0.3, 0.4) is 0 Å². The minimum absolute atomic E-state index is 0.169. The second-order valence-corrected chi connectivity index (χ2v) is 8.25. The molecule has 0 fully saturated rings. The molecule has 0 spiro atoms. The molecule has 0 heterocycles. The zero-order valence-corrected chi connectivity index (χ0v) is 18.6. The van der Waals surface area contributed by atoms with Crippen molar-refractivity contribution in [3.05, 3.63) is 24.3 Å². The van der Waals surface area contributed by atoms with Gasteiger partial charge in [0.05, 0.1) is 25.6 Å². The van der Waals surface area contributed by atoms with Crippen molar-refractivity contribution < 1.29 is 29.0 Å². The monoisotopic (exact) mass is 410 g/mol. The fraction of sp³-hybridized carbons (Fsp3) is 0.696. The number of esters is 2. The van der Waals surface area contributed by atoms with Gasteiger partial charge in [-0.25, -0.2) is 4.79 Å². The van der Waals surface area contributed by atoms with Crippen molar-refractivity contribution in [3.8, 4) is 0 Å². The number of carboxylic acids is 1. The highest BCUT2D eigenvalue weighted by Gasteiger charge is 2.24. The van der Waals surface area contributed by atoms with Crippen molar-refractivity contribution in [1.29, 1.82) is 0 Å². The third kappa shape index (κ3) is 13.7. The van der Waals surface area contributed by atoms with Crippen LogP contribution in [-0.2, 0) is 23.9 Å². The number of carboxylic acid groups (broad SMARTS) is 1. The van der Waals surface area contributed by atoms with Crippen LogP contribution in [-0.4, -0.2) is 36.2 Å². The molecule has 0 aliphatic rings. The molecule has 0 bridgehead atoms. The van der Waals surface area contributed by atoms with E-state index in [2.05, 4.69) is 34.3 Å². The molecule has 29 heavy (non-hydrogen) atoms. The average molecular weight is 411 g/mol. The van der Waals surface area contributed by atoms with E-state index in [9.17, 15) is 19.5 Å². The van der Waals surface area contributed by atoms with Gasteiger partial charge in [-0.15, -0.1) is 0 Å². The van der Waals surface area contributed by atoms with E-state index in [1.54, 1.807) is 6.92 Å². The molecule has 0 saturated carbocycles. The van der Waals surface area contributed by atoms with Gasteiger partial charge in [0.25, 0.3) is 0 Å². The van der Waals surface area contributed by atoms with Gasteiger partial charge in [-0.1, -0.05) is 45.9 Å². The van der Waals surface area contributed by atoms with Gasteiger partial charge in [-0.05, 0) is 50.4 Å². The number of unbranched alkanes of at least 4 members (excludes halogenated alkanes) is 1. The summed E-state index contributed by atoms with van der Waals surface area (Å²) >= 11 is 0. The number of ether oxygens (including phenoxy) is 2. The first kappa shape index (κ1) is 26.9. The van der Waals surface area contributed by atoms with Crippen molar-refractivity contribution >= 4 is 17.9 Å². The minimum Gasteiger partial charge on any atom is -0.481 e. The van der Waals surface area contributed by atoms with Crippen LogP contribution in [0.4, 0.5) is 0 Å². The number of carbonyl (C=O) groups excluding carboxylic acids is 2. The molecule has 1 N–H and O–H groups in total. The van der Waals surface area contributed by atoms with Crippen LogP contribution < -0.4 is 0 Å². The largest absolute Gasteiger partial charge is 0.481 e. The maximum atomic E-state index is 12.0. The normalized spacial score (nSPS) is 14.8. The highest BCUT2D eigenvalue weighted by atomic mass is 16.5. The Kier molecular flexibility index (Phi) is 13.7. The van der Waals surface area contributed by atoms with Gasteiger partial charge < -0.3 is 14.6 Å². The van der Waals surface area contributed by atoms with Crippen LogP contribution in [0, 0.1) is 23.7 Å². The third-order valence-corrected chi connectivity index (χ3v) is 4.63. The van der Waals surface area contributed by atoms with Crippen LogP contribution in [0.5, 0.6) is 0 Å². The Morgan fingerprint density at radius 1 is 1.00 bits per heavy atom. The Labute approximate surface area is 175 Å². The van der Waals surface area contributed by atoms with Crippen LogP contribution >= 0.6 is 0 Å². The number of hydrogen-bond acceptors (Lipinski definition) is 5. The molecule has 0 amide bonds. The minimum atomic E-state index is -1.02. The summed E-state index contributed by atoms with van der Waals surface area (Å²) in [5.41, 5.74) is 0.690. The van der Waals surface area contributed by atoms with Crippen molar-refractivity contribution in [2.45, 2.75) is 66.7 Å². The molecule has 0 aliphatic heterocycles. The molecule has 3 atom stereocenters.